The minimum Gasteiger partial charge on any atom is -0.480 e. The lowest BCUT2D eigenvalue weighted by Crippen LogP contribution is -2.47. The van der Waals surface area contributed by atoms with Crippen LogP contribution in [-0.2, 0) is 19.6 Å². The Hall–Kier alpha value is -2.28. The van der Waals surface area contributed by atoms with E-state index in [-0.39, 0.29) is 29.8 Å². The maximum Gasteiger partial charge on any atom is 0.317 e. The van der Waals surface area contributed by atoms with Crippen LogP contribution in [0.4, 0.5) is 11.4 Å². The molecule has 1 aromatic rings. The number of nitrogens with zero attached hydrogens (tertiary/aromatic N) is 2. The summed E-state index contributed by atoms with van der Waals surface area (Å²) in [6.07, 6.45) is -0.356. The molecule has 1 unspecified atom stereocenters. The number of hydrogen-bond acceptors (Lipinski definition) is 8. The number of nitrogens with one attached hydrogen (secondary N) is 1. The minimum atomic E-state index is -4.05. The summed E-state index contributed by atoms with van der Waals surface area (Å²) in [4.78, 5) is 22.5. The summed E-state index contributed by atoms with van der Waals surface area (Å²) in [5.41, 5.74) is -0.305. The van der Waals surface area contributed by atoms with Crippen LogP contribution in [0.3, 0.4) is 0 Å². The SMILES string of the molecule is NS(=O)(=O)c1ccc(NCC2CN(CC(=O)O)CCO2)c([N+](=O)[O-])c1. The van der Waals surface area contributed by atoms with E-state index in [2.05, 4.69) is 5.32 Å². The van der Waals surface area contributed by atoms with Gasteiger partial charge >= 0.3 is 5.97 Å². The summed E-state index contributed by atoms with van der Waals surface area (Å²) in [6.45, 7) is 1.30. The molecule has 0 radical (unpaired) electrons. The van der Waals surface area contributed by atoms with Gasteiger partial charge in [0.25, 0.3) is 5.69 Å². The first-order valence-electron chi connectivity index (χ1n) is 7.27. The summed E-state index contributed by atoms with van der Waals surface area (Å²) in [6, 6.07) is 3.31. The Morgan fingerprint density at radius 3 is 2.84 bits per heavy atom. The molecule has 0 bridgehead atoms. The number of ether oxygens (including phenoxy) is 1. The van der Waals surface area contributed by atoms with E-state index in [9.17, 15) is 23.3 Å². The molecule has 0 aliphatic carbocycles. The van der Waals surface area contributed by atoms with Crippen LogP contribution < -0.4 is 10.5 Å². The number of carbonyl (C=O) groups is 1. The molecule has 1 aliphatic heterocycles. The number of morpholine rings is 1. The van der Waals surface area contributed by atoms with Gasteiger partial charge in [-0.3, -0.25) is 19.8 Å². The number of nitrogens with two attached hydrogens (primary N) is 1. The van der Waals surface area contributed by atoms with E-state index in [0.717, 1.165) is 6.07 Å². The number of nitro benzene ring substituents is 1. The zero-order chi connectivity index (χ0) is 18.6. The van der Waals surface area contributed by atoms with Crippen molar-refractivity contribution in [2.75, 3.05) is 38.1 Å². The summed E-state index contributed by atoms with van der Waals surface area (Å²) in [5, 5.41) is 27.8. The molecule has 4 N–H and O–H groups in total. The third kappa shape index (κ3) is 5.35. The number of benzene rings is 1. The molecule has 0 saturated carbocycles. The van der Waals surface area contributed by atoms with Gasteiger partial charge in [0.05, 0.1) is 29.1 Å². The van der Waals surface area contributed by atoms with Gasteiger partial charge in [-0.2, -0.15) is 0 Å². The van der Waals surface area contributed by atoms with Crippen molar-refractivity contribution in [2.24, 2.45) is 5.14 Å². The number of rotatable bonds is 7. The summed E-state index contributed by atoms with van der Waals surface area (Å²) in [5.74, 6) is -0.942. The largest absolute Gasteiger partial charge is 0.480 e. The number of carboxylic acid groups (broad SMARTS) is 1. The van der Waals surface area contributed by atoms with Gasteiger partial charge in [-0.05, 0) is 12.1 Å². The fraction of sp³-hybridized carbons (Fsp3) is 0.462. The highest BCUT2D eigenvalue weighted by Gasteiger charge is 2.24. The van der Waals surface area contributed by atoms with E-state index >= 15 is 0 Å². The van der Waals surface area contributed by atoms with Crippen molar-refractivity contribution in [2.45, 2.75) is 11.0 Å². The Labute approximate surface area is 143 Å². The molecule has 11 nitrogen and oxygen atoms in total. The lowest BCUT2D eigenvalue weighted by molar-refractivity contribution is -0.384. The van der Waals surface area contributed by atoms with Crippen molar-refractivity contribution in [3.8, 4) is 0 Å². The van der Waals surface area contributed by atoms with Crippen molar-refractivity contribution in [1.82, 2.24) is 4.90 Å². The minimum absolute atomic E-state index is 0.108. The molecule has 1 atom stereocenters. The molecule has 138 valence electrons. The molecule has 0 amide bonds. The van der Waals surface area contributed by atoms with Gasteiger partial charge in [-0.15, -0.1) is 0 Å². The highest BCUT2D eigenvalue weighted by Crippen LogP contribution is 2.27. The van der Waals surface area contributed by atoms with E-state index in [4.69, 9.17) is 15.0 Å². The van der Waals surface area contributed by atoms with Crippen molar-refractivity contribution < 1.29 is 28.0 Å². The van der Waals surface area contributed by atoms with Gasteiger partial charge in [-0.25, -0.2) is 13.6 Å². The molecule has 2 rings (SSSR count). The van der Waals surface area contributed by atoms with Crippen LogP contribution >= 0.6 is 0 Å². The summed E-state index contributed by atoms with van der Waals surface area (Å²) in [7, 11) is -4.05. The molecule has 1 saturated heterocycles. The van der Waals surface area contributed by atoms with Crippen LogP contribution in [0.2, 0.25) is 0 Å². The second-order valence-corrected chi connectivity index (χ2v) is 7.05. The first-order valence-corrected chi connectivity index (χ1v) is 8.82. The number of primary sulfonamides is 1. The number of anilines is 1. The quantitative estimate of drug-likeness (QED) is 0.419. The Bertz CT molecular complexity index is 768. The Morgan fingerprint density at radius 1 is 1.52 bits per heavy atom. The van der Waals surface area contributed by atoms with Gasteiger partial charge in [-0.1, -0.05) is 0 Å². The predicted molar refractivity (Wildman–Crippen MR) is 86.8 cm³/mol. The van der Waals surface area contributed by atoms with Crippen LogP contribution in [0.25, 0.3) is 0 Å². The maximum atomic E-state index is 11.3. The van der Waals surface area contributed by atoms with Crippen LogP contribution in [0.15, 0.2) is 23.1 Å². The van der Waals surface area contributed by atoms with E-state index in [1.54, 1.807) is 4.90 Å². The second-order valence-electron chi connectivity index (χ2n) is 5.48. The number of carboxylic acids is 1. The summed E-state index contributed by atoms with van der Waals surface area (Å²) < 4.78 is 28.1. The van der Waals surface area contributed by atoms with Crippen molar-refractivity contribution in [3.63, 3.8) is 0 Å². The number of aliphatic carboxylic acids is 1. The molecule has 1 aliphatic rings. The van der Waals surface area contributed by atoms with E-state index in [0.29, 0.717) is 19.7 Å². The van der Waals surface area contributed by atoms with Gasteiger partial charge in [0, 0.05) is 25.7 Å². The average molecular weight is 374 g/mol. The van der Waals surface area contributed by atoms with Crippen molar-refractivity contribution in [1.29, 1.82) is 0 Å². The lowest BCUT2D eigenvalue weighted by atomic mass is 10.2. The molecule has 1 fully saturated rings. The first kappa shape index (κ1) is 19.1. The first-order chi connectivity index (χ1) is 11.7. The van der Waals surface area contributed by atoms with Gasteiger partial charge in [0.1, 0.15) is 5.69 Å². The third-order valence-electron chi connectivity index (χ3n) is 3.60. The van der Waals surface area contributed by atoms with E-state index < -0.39 is 26.6 Å². The normalized spacial score (nSPS) is 18.7. The topological polar surface area (TPSA) is 165 Å². The zero-order valence-electron chi connectivity index (χ0n) is 13.1. The third-order valence-corrected chi connectivity index (χ3v) is 4.51. The van der Waals surface area contributed by atoms with Crippen LogP contribution in [0, 0.1) is 10.1 Å². The number of hydrogen-bond donors (Lipinski definition) is 3. The van der Waals surface area contributed by atoms with Gasteiger partial charge in [0.15, 0.2) is 0 Å². The molecular weight excluding hydrogens is 356 g/mol. The molecule has 12 heteroatoms. The molecule has 1 heterocycles. The highest BCUT2D eigenvalue weighted by molar-refractivity contribution is 7.89. The molecule has 0 aromatic heterocycles. The molecule has 25 heavy (non-hydrogen) atoms. The fourth-order valence-corrected chi connectivity index (χ4v) is 2.99. The molecular formula is C13H18N4O7S. The van der Waals surface area contributed by atoms with Gasteiger partial charge < -0.3 is 15.2 Å². The Balaban J connectivity index is 2.07. The molecule has 0 spiro atoms. The maximum absolute atomic E-state index is 11.3. The number of sulfonamides is 1. The Kier molecular flexibility index (Phi) is 5.89. The van der Waals surface area contributed by atoms with Crippen LogP contribution in [0.1, 0.15) is 0 Å². The van der Waals surface area contributed by atoms with E-state index in [1.165, 1.54) is 12.1 Å². The van der Waals surface area contributed by atoms with Crippen LogP contribution in [0.5, 0.6) is 0 Å². The van der Waals surface area contributed by atoms with Crippen LogP contribution in [-0.4, -0.2) is 68.2 Å². The second kappa shape index (κ2) is 7.74. The van der Waals surface area contributed by atoms with E-state index in [1.807, 2.05) is 0 Å². The highest BCUT2D eigenvalue weighted by atomic mass is 32.2. The predicted octanol–water partition coefficient (Wildman–Crippen LogP) is -0.560. The smallest absolute Gasteiger partial charge is 0.317 e. The monoisotopic (exact) mass is 374 g/mol. The summed E-state index contributed by atoms with van der Waals surface area (Å²) >= 11 is 0. The van der Waals surface area contributed by atoms with Gasteiger partial charge in [0.2, 0.25) is 10.0 Å². The average Bonchev–Trinajstić information content (AvgIpc) is 2.51. The van der Waals surface area contributed by atoms with Crippen molar-refractivity contribution in [3.05, 3.63) is 28.3 Å². The van der Waals surface area contributed by atoms with Crippen molar-refractivity contribution >= 4 is 27.4 Å². The zero-order valence-corrected chi connectivity index (χ0v) is 13.9. The lowest BCUT2D eigenvalue weighted by Gasteiger charge is -2.32. The fourth-order valence-electron chi connectivity index (χ4n) is 2.45. The molecule has 1 aromatic carbocycles. The number of nitro groups is 1. The Morgan fingerprint density at radius 2 is 2.24 bits per heavy atom. The standard InChI is InChI=1S/C13H18N4O7S/c14-25(22,23)10-1-2-11(12(5-10)17(20)21)15-6-9-7-16(3-4-24-9)8-13(18)19/h1-2,5,9,15H,3-4,6-8H2,(H,18,19)(H2,14,22,23).